The highest BCUT2D eigenvalue weighted by Gasteiger charge is 2.17. The van der Waals surface area contributed by atoms with E-state index in [1.807, 2.05) is 24.3 Å². The van der Waals surface area contributed by atoms with E-state index >= 15 is 0 Å². The monoisotopic (exact) mass is 375 g/mol. The Balaban J connectivity index is 1.64. The van der Waals surface area contributed by atoms with Crippen LogP contribution >= 0.6 is 15.9 Å². The van der Waals surface area contributed by atoms with Crippen molar-refractivity contribution in [3.05, 3.63) is 52.8 Å². The Kier molecular flexibility index (Phi) is 5.25. The Hall–Kier alpha value is -1.92. The second-order valence-electron chi connectivity index (χ2n) is 5.41. The first-order valence-corrected chi connectivity index (χ1v) is 8.38. The lowest BCUT2D eigenvalue weighted by atomic mass is 10.2. The van der Waals surface area contributed by atoms with Gasteiger partial charge in [-0.2, -0.15) is 0 Å². The summed E-state index contributed by atoms with van der Waals surface area (Å²) in [6, 6.07) is 9.58. The highest BCUT2D eigenvalue weighted by Crippen LogP contribution is 2.25. The highest BCUT2D eigenvalue weighted by atomic mass is 79.9. The number of para-hydroxylation sites is 1. The van der Waals surface area contributed by atoms with Crippen LogP contribution in [0.15, 0.2) is 47.2 Å². The van der Waals surface area contributed by atoms with Crippen LogP contribution in [0.2, 0.25) is 0 Å². The summed E-state index contributed by atoms with van der Waals surface area (Å²) in [7, 11) is 0. The average Bonchev–Trinajstić information content (AvgIpc) is 3.08. The van der Waals surface area contributed by atoms with E-state index in [1.165, 1.54) is 0 Å². The Morgan fingerprint density at radius 3 is 3.00 bits per heavy atom. The summed E-state index contributed by atoms with van der Waals surface area (Å²) in [5.74, 6) is -0.135. The van der Waals surface area contributed by atoms with Gasteiger partial charge in [-0.25, -0.2) is 0 Å². The summed E-state index contributed by atoms with van der Waals surface area (Å²) in [6.07, 6.45) is 5.45. The van der Waals surface area contributed by atoms with Gasteiger partial charge in [-0.1, -0.05) is 12.1 Å². The zero-order valence-electron chi connectivity index (χ0n) is 12.6. The lowest BCUT2D eigenvalue weighted by molar-refractivity contribution is 0.0857. The van der Waals surface area contributed by atoms with Crippen molar-refractivity contribution in [1.82, 2.24) is 10.3 Å². The molecule has 0 saturated carbocycles. The number of aromatic nitrogens is 1. The molecule has 1 aromatic heterocycles. The highest BCUT2D eigenvalue weighted by molar-refractivity contribution is 9.10. The number of anilines is 2. The number of carbonyl (C=O) groups excluding carboxylic acids is 1. The first-order chi connectivity index (χ1) is 11.2. The van der Waals surface area contributed by atoms with Crippen LogP contribution in [0.4, 0.5) is 11.4 Å². The fraction of sp³-hybridized carbons (Fsp3) is 0.294. The molecular formula is C17H18BrN3O2. The average molecular weight is 376 g/mol. The van der Waals surface area contributed by atoms with Gasteiger partial charge in [0.1, 0.15) is 0 Å². The topological polar surface area (TPSA) is 63.2 Å². The number of pyridine rings is 1. The zero-order chi connectivity index (χ0) is 16.1. The molecule has 1 aliphatic heterocycles. The van der Waals surface area contributed by atoms with Crippen LogP contribution in [-0.2, 0) is 4.74 Å². The van der Waals surface area contributed by atoms with E-state index < -0.39 is 0 Å². The van der Waals surface area contributed by atoms with Gasteiger partial charge < -0.3 is 15.4 Å². The number of halogens is 1. The Labute approximate surface area is 143 Å². The van der Waals surface area contributed by atoms with Crippen LogP contribution in [0.3, 0.4) is 0 Å². The normalized spacial score (nSPS) is 17.0. The number of hydrogen-bond acceptors (Lipinski definition) is 4. The van der Waals surface area contributed by atoms with E-state index in [1.54, 1.807) is 18.5 Å². The number of nitrogens with zero attached hydrogens (tertiary/aromatic N) is 1. The van der Waals surface area contributed by atoms with Crippen molar-refractivity contribution in [2.24, 2.45) is 0 Å². The van der Waals surface area contributed by atoms with Gasteiger partial charge in [0.25, 0.3) is 5.91 Å². The Morgan fingerprint density at radius 2 is 2.22 bits per heavy atom. The summed E-state index contributed by atoms with van der Waals surface area (Å²) in [6.45, 7) is 1.33. The lowest BCUT2D eigenvalue weighted by Crippen LogP contribution is -2.31. The molecule has 6 heteroatoms. The number of amides is 1. The first-order valence-electron chi connectivity index (χ1n) is 7.59. The molecule has 0 spiro atoms. The number of benzene rings is 1. The van der Waals surface area contributed by atoms with E-state index in [9.17, 15) is 4.79 Å². The zero-order valence-corrected chi connectivity index (χ0v) is 14.2. The predicted molar refractivity (Wildman–Crippen MR) is 93.0 cm³/mol. The van der Waals surface area contributed by atoms with E-state index in [2.05, 4.69) is 31.5 Å². The summed E-state index contributed by atoms with van der Waals surface area (Å²) in [4.78, 5) is 16.4. The van der Waals surface area contributed by atoms with Gasteiger partial charge in [-0.05, 0) is 47.0 Å². The van der Waals surface area contributed by atoms with Crippen molar-refractivity contribution in [3.8, 4) is 0 Å². The van der Waals surface area contributed by atoms with Gasteiger partial charge in [0.15, 0.2) is 0 Å². The van der Waals surface area contributed by atoms with Crippen LogP contribution in [0.1, 0.15) is 23.2 Å². The molecule has 1 atom stereocenters. The van der Waals surface area contributed by atoms with Crippen LogP contribution in [-0.4, -0.2) is 30.1 Å². The lowest BCUT2D eigenvalue weighted by Gasteiger charge is -2.12. The van der Waals surface area contributed by atoms with Crippen molar-refractivity contribution in [1.29, 1.82) is 0 Å². The molecule has 0 aliphatic carbocycles. The van der Waals surface area contributed by atoms with Crippen LogP contribution in [0.5, 0.6) is 0 Å². The maximum atomic E-state index is 12.2. The van der Waals surface area contributed by atoms with E-state index in [0.29, 0.717) is 12.1 Å². The Bertz CT molecular complexity index is 687. The summed E-state index contributed by atoms with van der Waals surface area (Å²) in [5, 5.41) is 6.15. The van der Waals surface area contributed by atoms with Gasteiger partial charge >= 0.3 is 0 Å². The molecule has 1 saturated heterocycles. The molecule has 1 unspecified atom stereocenters. The molecule has 0 radical (unpaired) electrons. The van der Waals surface area contributed by atoms with Gasteiger partial charge in [0, 0.05) is 23.8 Å². The second-order valence-corrected chi connectivity index (χ2v) is 6.27. The second kappa shape index (κ2) is 7.57. The maximum Gasteiger partial charge on any atom is 0.253 e. The minimum Gasteiger partial charge on any atom is -0.376 e. The minimum absolute atomic E-state index is 0.133. The molecule has 2 N–H and O–H groups in total. The van der Waals surface area contributed by atoms with E-state index in [-0.39, 0.29) is 12.0 Å². The number of rotatable bonds is 5. The molecule has 1 aliphatic rings. The third kappa shape index (κ3) is 4.30. The SMILES string of the molecule is O=C(NCC1CCCO1)c1cncc(Nc2ccccc2Br)c1. The number of hydrogen-bond donors (Lipinski definition) is 2. The third-order valence-electron chi connectivity index (χ3n) is 3.67. The van der Waals surface area contributed by atoms with Gasteiger partial charge in [-0.15, -0.1) is 0 Å². The largest absolute Gasteiger partial charge is 0.376 e. The van der Waals surface area contributed by atoms with Crippen molar-refractivity contribution in [2.75, 3.05) is 18.5 Å². The van der Waals surface area contributed by atoms with Crippen molar-refractivity contribution in [2.45, 2.75) is 18.9 Å². The van der Waals surface area contributed by atoms with Gasteiger partial charge in [-0.3, -0.25) is 9.78 Å². The van der Waals surface area contributed by atoms with Gasteiger partial charge in [0.05, 0.1) is 29.2 Å². The quantitative estimate of drug-likeness (QED) is 0.839. The third-order valence-corrected chi connectivity index (χ3v) is 4.36. The van der Waals surface area contributed by atoms with Crippen molar-refractivity contribution in [3.63, 3.8) is 0 Å². The summed E-state index contributed by atoms with van der Waals surface area (Å²) in [5.41, 5.74) is 2.22. The van der Waals surface area contributed by atoms with Crippen molar-refractivity contribution >= 4 is 33.2 Å². The molecule has 1 fully saturated rings. The van der Waals surface area contributed by atoms with Crippen LogP contribution in [0.25, 0.3) is 0 Å². The number of nitrogens with one attached hydrogen (secondary N) is 2. The smallest absolute Gasteiger partial charge is 0.253 e. The van der Waals surface area contributed by atoms with Crippen LogP contribution < -0.4 is 10.6 Å². The molecule has 1 aromatic carbocycles. The Morgan fingerprint density at radius 1 is 1.35 bits per heavy atom. The molecule has 3 rings (SSSR count). The molecule has 1 amide bonds. The maximum absolute atomic E-state index is 12.2. The first kappa shape index (κ1) is 16.0. The molecule has 2 heterocycles. The summed E-state index contributed by atoms with van der Waals surface area (Å²) >= 11 is 3.49. The minimum atomic E-state index is -0.135. The number of ether oxygens (including phenoxy) is 1. The molecule has 120 valence electrons. The predicted octanol–water partition coefficient (Wildman–Crippen LogP) is 3.50. The molecule has 5 nitrogen and oxygen atoms in total. The van der Waals surface area contributed by atoms with Crippen LogP contribution in [0, 0.1) is 0 Å². The molecule has 23 heavy (non-hydrogen) atoms. The standard InChI is InChI=1S/C17H18BrN3O2/c18-15-5-1-2-6-16(15)21-13-8-12(9-19-10-13)17(22)20-11-14-4-3-7-23-14/h1-2,5-6,8-10,14,21H,3-4,7,11H2,(H,20,22). The molecule has 0 bridgehead atoms. The fourth-order valence-corrected chi connectivity index (χ4v) is 2.85. The van der Waals surface area contributed by atoms with Crippen molar-refractivity contribution < 1.29 is 9.53 Å². The number of carbonyl (C=O) groups is 1. The van der Waals surface area contributed by atoms with E-state index in [0.717, 1.165) is 35.3 Å². The molecular weight excluding hydrogens is 358 g/mol. The molecule has 2 aromatic rings. The van der Waals surface area contributed by atoms with E-state index in [4.69, 9.17) is 4.74 Å². The summed E-state index contributed by atoms with van der Waals surface area (Å²) < 4.78 is 6.46. The van der Waals surface area contributed by atoms with Gasteiger partial charge in [0.2, 0.25) is 0 Å². The fourth-order valence-electron chi connectivity index (χ4n) is 2.46.